The Morgan fingerprint density at radius 2 is 2.32 bits per heavy atom. The van der Waals surface area contributed by atoms with Gasteiger partial charge in [0.1, 0.15) is 5.82 Å². The van der Waals surface area contributed by atoms with Gasteiger partial charge in [0.05, 0.1) is 13.2 Å². The summed E-state index contributed by atoms with van der Waals surface area (Å²) in [5.41, 5.74) is 7.04. The number of aliphatic hydroxyl groups excluding tert-OH is 1. The van der Waals surface area contributed by atoms with Crippen molar-refractivity contribution in [3.63, 3.8) is 0 Å². The lowest BCUT2D eigenvalue weighted by Crippen LogP contribution is -2.31. The molecule has 19 heavy (non-hydrogen) atoms. The number of likely N-dealkylation sites (tertiary alicyclic amines) is 1. The van der Waals surface area contributed by atoms with Crippen LogP contribution in [0, 0.1) is 17.7 Å². The summed E-state index contributed by atoms with van der Waals surface area (Å²) in [6.45, 7) is 2.09. The molecule has 1 atom stereocenters. The number of hydrogen-bond donors (Lipinski definition) is 2. The molecule has 1 heterocycles. The Labute approximate surface area is 113 Å². The Bertz CT molecular complexity index is 493. The van der Waals surface area contributed by atoms with Crippen molar-refractivity contribution in [1.29, 1.82) is 0 Å². The molecule has 0 aromatic heterocycles. The maximum atomic E-state index is 13.3. The molecule has 0 radical (unpaired) electrons. The number of benzene rings is 1. The van der Waals surface area contributed by atoms with E-state index in [0.717, 1.165) is 24.9 Å². The van der Waals surface area contributed by atoms with Crippen LogP contribution < -0.4 is 5.73 Å². The monoisotopic (exact) mass is 262 g/mol. The molecule has 1 unspecified atom stereocenters. The molecular weight excluding hydrogens is 243 g/mol. The minimum Gasteiger partial charge on any atom is -0.395 e. The predicted octanol–water partition coefficient (Wildman–Crippen LogP) is 1.09. The van der Waals surface area contributed by atoms with E-state index in [0.29, 0.717) is 12.1 Å². The van der Waals surface area contributed by atoms with E-state index in [-0.39, 0.29) is 25.0 Å². The highest BCUT2D eigenvalue weighted by atomic mass is 19.1. The van der Waals surface area contributed by atoms with Gasteiger partial charge in [0, 0.05) is 18.2 Å². The van der Waals surface area contributed by atoms with Gasteiger partial charge in [0.15, 0.2) is 0 Å². The molecule has 1 aliphatic heterocycles. The Morgan fingerprint density at radius 3 is 3.05 bits per heavy atom. The van der Waals surface area contributed by atoms with E-state index in [2.05, 4.69) is 16.7 Å². The van der Waals surface area contributed by atoms with Crippen LogP contribution in [0.5, 0.6) is 0 Å². The maximum Gasteiger partial charge on any atom is 0.124 e. The Balaban J connectivity index is 2.19. The summed E-state index contributed by atoms with van der Waals surface area (Å²) < 4.78 is 13.3. The summed E-state index contributed by atoms with van der Waals surface area (Å²) in [6.07, 6.45) is 2.11. The molecule has 0 saturated carbocycles. The average molecular weight is 262 g/mol. The van der Waals surface area contributed by atoms with E-state index in [1.165, 1.54) is 12.1 Å². The van der Waals surface area contributed by atoms with Crippen LogP contribution in [0.25, 0.3) is 0 Å². The molecule has 102 valence electrons. The van der Waals surface area contributed by atoms with Gasteiger partial charge in [-0.05, 0) is 37.1 Å². The van der Waals surface area contributed by atoms with Gasteiger partial charge in [0.25, 0.3) is 0 Å². The third-order valence-corrected chi connectivity index (χ3v) is 3.48. The second kappa shape index (κ2) is 6.67. The summed E-state index contributed by atoms with van der Waals surface area (Å²) in [5, 5.41) is 9.32. The number of nitrogens with two attached hydrogens (primary N) is 1. The summed E-state index contributed by atoms with van der Waals surface area (Å²) >= 11 is 0. The molecule has 4 heteroatoms. The van der Waals surface area contributed by atoms with Gasteiger partial charge >= 0.3 is 0 Å². The smallest absolute Gasteiger partial charge is 0.124 e. The largest absolute Gasteiger partial charge is 0.395 e. The maximum absolute atomic E-state index is 13.3. The minimum atomic E-state index is -0.287. The number of halogens is 1. The standard InChI is InChI=1S/C15H19FN2O/c16-14-6-5-13(12(9-14)3-1-7-17)10-18-8-2-4-15(18)11-19/h5-6,9,15,19H,2,4,7-8,10-11,17H2. The summed E-state index contributed by atoms with van der Waals surface area (Å²) in [7, 11) is 0. The zero-order chi connectivity index (χ0) is 13.7. The number of rotatable bonds is 3. The first-order valence-electron chi connectivity index (χ1n) is 6.57. The summed E-state index contributed by atoms with van der Waals surface area (Å²) in [4.78, 5) is 2.22. The lowest BCUT2D eigenvalue weighted by molar-refractivity contribution is 0.153. The quantitative estimate of drug-likeness (QED) is 0.802. The number of nitrogens with zero attached hydrogens (tertiary/aromatic N) is 1. The molecule has 3 nitrogen and oxygen atoms in total. The highest BCUT2D eigenvalue weighted by Gasteiger charge is 2.24. The van der Waals surface area contributed by atoms with Crippen molar-refractivity contribution in [3.8, 4) is 11.8 Å². The van der Waals surface area contributed by atoms with Gasteiger partial charge in [-0.15, -0.1) is 0 Å². The summed E-state index contributed by atoms with van der Waals surface area (Å²) in [6, 6.07) is 4.87. The Kier molecular flexibility index (Phi) is 4.92. The van der Waals surface area contributed by atoms with Crippen LogP contribution in [0.4, 0.5) is 4.39 Å². The second-order valence-corrected chi connectivity index (χ2v) is 4.76. The van der Waals surface area contributed by atoms with E-state index in [1.54, 1.807) is 6.07 Å². The van der Waals surface area contributed by atoms with Crippen molar-refractivity contribution in [2.24, 2.45) is 5.73 Å². The van der Waals surface area contributed by atoms with Crippen molar-refractivity contribution < 1.29 is 9.50 Å². The first-order valence-corrected chi connectivity index (χ1v) is 6.57. The molecule has 2 rings (SSSR count). The second-order valence-electron chi connectivity index (χ2n) is 4.76. The molecule has 1 saturated heterocycles. The van der Waals surface area contributed by atoms with Gasteiger partial charge in [-0.2, -0.15) is 0 Å². The van der Waals surface area contributed by atoms with Gasteiger partial charge in [-0.1, -0.05) is 17.9 Å². The van der Waals surface area contributed by atoms with Crippen molar-refractivity contribution in [3.05, 3.63) is 35.1 Å². The molecule has 1 aliphatic rings. The minimum absolute atomic E-state index is 0.172. The molecule has 1 aromatic rings. The molecule has 0 bridgehead atoms. The highest BCUT2D eigenvalue weighted by molar-refractivity contribution is 5.42. The fourth-order valence-electron chi connectivity index (χ4n) is 2.48. The average Bonchev–Trinajstić information content (AvgIpc) is 2.86. The fraction of sp³-hybridized carbons (Fsp3) is 0.467. The van der Waals surface area contributed by atoms with E-state index >= 15 is 0 Å². The predicted molar refractivity (Wildman–Crippen MR) is 72.9 cm³/mol. The van der Waals surface area contributed by atoms with Crippen LogP contribution in [-0.2, 0) is 6.54 Å². The van der Waals surface area contributed by atoms with Crippen LogP contribution in [0.15, 0.2) is 18.2 Å². The van der Waals surface area contributed by atoms with E-state index in [9.17, 15) is 9.50 Å². The van der Waals surface area contributed by atoms with Crippen LogP contribution in [-0.4, -0.2) is 35.7 Å². The zero-order valence-corrected chi connectivity index (χ0v) is 10.9. The molecule has 3 N–H and O–H groups in total. The van der Waals surface area contributed by atoms with E-state index < -0.39 is 0 Å². The molecule has 1 fully saturated rings. The molecule has 0 spiro atoms. The zero-order valence-electron chi connectivity index (χ0n) is 10.9. The van der Waals surface area contributed by atoms with Crippen molar-refractivity contribution >= 4 is 0 Å². The molecule has 1 aromatic carbocycles. The van der Waals surface area contributed by atoms with Gasteiger partial charge < -0.3 is 10.8 Å². The van der Waals surface area contributed by atoms with E-state index in [4.69, 9.17) is 5.73 Å². The molecule has 0 amide bonds. The van der Waals surface area contributed by atoms with Crippen LogP contribution in [0.2, 0.25) is 0 Å². The van der Waals surface area contributed by atoms with Crippen molar-refractivity contribution in [2.45, 2.75) is 25.4 Å². The van der Waals surface area contributed by atoms with Crippen molar-refractivity contribution in [2.75, 3.05) is 19.7 Å². The molecular formula is C15H19FN2O. The number of hydrogen-bond acceptors (Lipinski definition) is 3. The van der Waals surface area contributed by atoms with Crippen LogP contribution in [0.3, 0.4) is 0 Å². The first-order chi connectivity index (χ1) is 9.24. The highest BCUT2D eigenvalue weighted by Crippen LogP contribution is 2.21. The van der Waals surface area contributed by atoms with Gasteiger partial charge in [0.2, 0.25) is 0 Å². The van der Waals surface area contributed by atoms with E-state index in [1.807, 2.05) is 0 Å². The number of aliphatic hydroxyl groups is 1. The van der Waals surface area contributed by atoms with Crippen LogP contribution >= 0.6 is 0 Å². The molecule has 0 aliphatic carbocycles. The third-order valence-electron chi connectivity index (χ3n) is 3.48. The Hall–Kier alpha value is -1.41. The van der Waals surface area contributed by atoms with Gasteiger partial charge in [-0.25, -0.2) is 4.39 Å². The Morgan fingerprint density at radius 1 is 1.47 bits per heavy atom. The topological polar surface area (TPSA) is 49.5 Å². The lowest BCUT2D eigenvalue weighted by Gasteiger charge is -2.23. The van der Waals surface area contributed by atoms with Crippen molar-refractivity contribution in [1.82, 2.24) is 4.90 Å². The normalized spacial score (nSPS) is 19.2. The SMILES string of the molecule is NCC#Cc1cc(F)ccc1CN1CCCC1CO. The van der Waals surface area contributed by atoms with Crippen LogP contribution in [0.1, 0.15) is 24.0 Å². The summed E-state index contributed by atoms with van der Waals surface area (Å²) in [5.74, 6) is 5.40. The lowest BCUT2D eigenvalue weighted by atomic mass is 10.1. The fourth-order valence-corrected chi connectivity index (χ4v) is 2.48. The van der Waals surface area contributed by atoms with Gasteiger partial charge in [-0.3, -0.25) is 4.90 Å². The third kappa shape index (κ3) is 3.54. The first kappa shape index (κ1) is 14.0.